The van der Waals surface area contributed by atoms with E-state index in [1.807, 2.05) is 23.0 Å². The maximum atomic E-state index is 4.09. The van der Waals surface area contributed by atoms with Gasteiger partial charge in [0.05, 0.1) is 6.33 Å². The van der Waals surface area contributed by atoms with E-state index in [1.54, 1.807) is 18.7 Å². The van der Waals surface area contributed by atoms with Crippen molar-refractivity contribution < 1.29 is 0 Å². The molecular formula is C12H9N3. The second-order valence-electron chi connectivity index (χ2n) is 3.38. The lowest BCUT2D eigenvalue weighted by atomic mass is 10.1. The molecule has 0 fully saturated rings. The van der Waals surface area contributed by atoms with E-state index >= 15 is 0 Å². The number of aromatic nitrogens is 3. The van der Waals surface area contributed by atoms with Gasteiger partial charge in [0.2, 0.25) is 0 Å². The minimum atomic E-state index is 1.12. The van der Waals surface area contributed by atoms with Crippen LogP contribution >= 0.6 is 0 Å². The topological polar surface area (TPSA) is 30.7 Å². The van der Waals surface area contributed by atoms with E-state index in [-0.39, 0.29) is 0 Å². The second kappa shape index (κ2) is 3.20. The zero-order valence-electron chi connectivity index (χ0n) is 8.04. The molecule has 1 aromatic carbocycles. The molecule has 15 heavy (non-hydrogen) atoms. The van der Waals surface area contributed by atoms with Crippen LogP contribution in [0.1, 0.15) is 0 Å². The molecule has 0 aliphatic rings. The minimum Gasteiger partial charge on any atom is -0.306 e. The molecule has 2 aromatic heterocycles. The summed E-state index contributed by atoms with van der Waals surface area (Å²) in [5, 5.41) is 2.34. The molecule has 0 saturated heterocycles. The number of fused-ring (bicyclic) bond motifs is 1. The lowest BCUT2D eigenvalue weighted by Gasteiger charge is -2.03. The van der Waals surface area contributed by atoms with Crippen molar-refractivity contribution in [3.8, 4) is 5.69 Å². The van der Waals surface area contributed by atoms with Crippen LogP contribution in [-0.4, -0.2) is 14.5 Å². The van der Waals surface area contributed by atoms with Crippen LogP contribution in [0, 0.1) is 0 Å². The summed E-state index contributed by atoms with van der Waals surface area (Å²) in [6.45, 7) is 0. The van der Waals surface area contributed by atoms with Crippen LogP contribution in [0.5, 0.6) is 0 Å². The van der Waals surface area contributed by atoms with Gasteiger partial charge in [-0.1, -0.05) is 6.07 Å². The standard InChI is InChI=1S/C12H9N3/c1-2-12(15-6-5-14-9-15)7-10-3-4-13-8-11(1)10/h1-9H. The maximum absolute atomic E-state index is 4.09. The van der Waals surface area contributed by atoms with Gasteiger partial charge in [-0.2, -0.15) is 0 Å². The molecule has 0 radical (unpaired) electrons. The summed E-state index contributed by atoms with van der Waals surface area (Å²) in [6, 6.07) is 8.26. The van der Waals surface area contributed by atoms with Crippen LogP contribution in [0.4, 0.5) is 0 Å². The lowest BCUT2D eigenvalue weighted by molar-refractivity contribution is 1.06. The summed E-state index contributed by atoms with van der Waals surface area (Å²) in [7, 11) is 0. The summed E-state index contributed by atoms with van der Waals surface area (Å²) in [5.74, 6) is 0. The fourth-order valence-corrected chi connectivity index (χ4v) is 1.64. The average Bonchev–Trinajstić information content (AvgIpc) is 2.82. The zero-order chi connectivity index (χ0) is 10.1. The normalized spacial score (nSPS) is 10.7. The van der Waals surface area contributed by atoms with E-state index < -0.39 is 0 Å². The fraction of sp³-hybridized carbons (Fsp3) is 0. The summed E-state index contributed by atoms with van der Waals surface area (Å²) in [4.78, 5) is 8.12. The predicted molar refractivity (Wildman–Crippen MR) is 58.9 cm³/mol. The molecule has 3 nitrogen and oxygen atoms in total. The van der Waals surface area contributed by atoms with Crippen LogP contribution < -0.4 is 0 Å². The number of hydrogen-bond donors (Lipinski definition) is 0. The van der Waals surface area contributed by atoms with Crippen molar-refractivity contribution in [2.75, 3.05) is 0 Å². The highest BCUT2D eigenvalue weighted by Crippen LogP contribution is 2.16. The molecule has 2 heterocycles. The Morgan fingerprint density at radius 1 is 0.933 bits per heavy atom. The van der Waals surface area contributed by atoms with Crippen LogP contribution in [0.2, 0.25) is 0 Å². The third kappa shape index (κ3) is 1.38. The highest BCUT2D eigenvalue weighted by atomic mass is 15.0. The van der Waals surface area contributed by atoms with Gasteiger partial charge in [0, 0.05) is 35.9 Å². The monoisotopic (exact) mass is 195 g/mol. The van der Waals surface area contributed by atoms with Crippen LogP contribution in [0.25, 0.3) is 16.5 Å². The van der Waals surface area contributed by atoms with Crippen molar-refractivity contribution in [2.24, 2.45) is 0 Å². The van der Waals surface area contributed by atoms with Gasteiger partial charge in [-0.25, -0.2) is 4.98 Å². The Morgan fingerprint density at radius 3 is 2.80 bits per heavy atom. The highest BCUT2D eigenvalue weighted by Gasteiger charge is 1.97. The first kappa shape index (κ1) is 8.17. The first-order chi connectivity index (χ1) is 7.43. The van der Waals surface area contributed by atoms with E-state index in [0.29, 0.717) is 0 Å². The Kier molecular flexibility index (Phi) is 1.75. The Hall–Kier alpha value is -2.16. The van der Waals surface area contributed by atoms with Crippen molar-refractivity contribution in [3.63, 3.8) is 0 Å². The highest BCUT2D eigenvalue weighted by molar-refractivity contribution is 5.83. The van der Waals surface area contributed by atoms with E-state index in [2.05, 4.69) is 28.2 Å². The summed E-state index contributed by atoms with van der Waals surface area (Å²) >= 11 is 0. The van der Waals surface area contributed by atoms with E-state index in [1.165, 1.54) is 5.39 Å². The van der Waals surface area contributed by atoms with Crippen molar-refractivity contribution >= 4 is 10.8 Å². The third-order valence-corrected chi connectivity index (χ3v) is 2.43. The van der Waals surface area contributed by atoms with Crippen molar-refractivity contribution in [3.05, 3.63) is 55.4 Å². The number of rotatable bonds is 1. The van der Waals surface area contributed by atoms with Gasteiger partial charge in [0.1, 0.15) is 0 Å². The molecule has 3 rings (SSSR count). The predicted octanol–water partition coefficient (Wildman–Crippen LogP) is 2.42. The van der Waals surface area contributed by atoms with Gasteiger partial charge in [0.15, 0.2) is 0 Å². The number of pyridine rings is 1. The van der Waals surface area contributed by atoms with Gasteiger partial charge in [-0.3, -0.25) is 4.98 Å². The van der Waals surface area contributed by atoms with Crippen LogP contribution in [-0.2, 0) is 0 Å². The quantitative estimate of drug-likeness (QED) is 0.597. The lowest BCUT2D eigenvalue weighted by Crippen LogP contribution is -1.89. The first-order valence-corrected chi connectivity index (χ1v) is 4.75. The van der Waals surface area contributed by atoms with Gasteiger partial charge in [-0.05, 0) is 23.6 Å². The number of nitrogens with zero attached hydrogens (tertiary/aromatic N) is 3. The van der Waals surface area contributed by atoms with Crippen molar-refractivity contribution in [1.29, 1.82) is 0 Å². The molecule has 0 aliphatic carbocycles. The SMILES string of the molecule is c1cc2cc(-n3ccnc3)ccc2cn1. The van der Waals surface area contributed by atoms with Gasteiger partial charge in [0.25, 0.3) is 0 Å². The first-order valence-electron chi connectivity index (χ1n) is 4.75. The molecule has 0 unspecified atom stereocenters. The molecule has 0 amide bonds. The molecule has 0 saturated carbocycles. The molecule has 0 bridgehead atoms. The Balaban J connectivity index is 2.22. The minimum absolute atomic E-state index is 1.12. The number of imidazole rings is 1. The smallest absolute Gasteiger partial charge is 0.0991 e. The fourth-order valence-electron chi connectivity index (χ4n) is 1.64. The average molecular weight is 195 g/mol. The van der Waals surface area contributed by atoms with Crippen LogP contribution in [0.15, 0.2) is 55.4 Å². The molecule has 0 N–H and O–H groups in total. The summed E-state index contributed by atoms with van der Waals surface area (Å²) < 4.78 is 1.99. The molecular weight excluding hydrogens is 186 g/mol. The second-order valence-corrected chi connectivity index (χ2v) is 3.38. The Morgan fingerprint density at radius 2 is 1.93 bits per heavy atom. The number of benzene rings is 1. The van der Waals surface area contributed by atoms with Gasteiger partial charge >= 0.3 is 0 Å². The van der Waals surface area contributed by atoms with Crippen LogP contribution in [0.3, 0.4) is 0 Å². The van der Waals surface area contributed by atoms with Crippen molar-refractivity contribution in [1.82, 2.24) is 14.5 Å². The Labute approximate surface area is 87.0 Å². The van der Waals surface area contributed by atoms with E-state index in [9.17, 15) is 0 Å². The molecule has 0 spiro atoms. The van der Waals surface area contributed by atoms with Gasteiger partial charge in [-0.15, -0.1) is 0 Å². The summed E-state index contributed by atoms with van der Waals surface area (Å²) in [5.41, 5.74) is 1.12. The molecule has 3 aromatic rings. The third-order valence-electron chi connectivity index (χ3n) is 2.43. The van der Waals surface area contributed by atoms with E-state index in [4.69, 9.17) is 0 Å². The summed E-state index contributed by atoms with van der Waals surface area (Å²) in [6.07, 6.45) is 9.18. The molecule has 0 aliphatic heterocycles. The van der Waals surface area contributed by atoms with Gasteiger partial charge < -0.3 is 4.57 Å². The molecule has 3 heteroatoms. The van der Waals surface area contributed by atoms with E-state index in [0.717, 1.165) is 11.1 Å². The molecule has 0 atom stereocenters. The van der Waals surface area contributed by atoms with Crippen molar-refractivity contribution in [2.45, 2.75) is 0 Å². The molecule has 72 valence electrons. The largest absolute Gasteiger partial charge is 0.306 e. The maximum Gasteiger partial charge on any atom is 0.0991 e. The number of hydrogen-bond acceptors (Lipinski definition) is 2. The zero-order valence-corrected chi connectivity index (χ0v) is 8.04. The Bertz CT molecular complexity index is 585.